The van der Waals surface area contributed by atoms with Gasteiger partial charge in [0.1, 0.15) is 0 Å². The maximum atomic E-state index is 6.06. The molecule has 2 rings (SSSR count). The monoisotopic (exact) mass is 286 g/mol. The lowest BCUT2D eigenvalue weighted by Crippen LogP contribution is -1.95. The van der Waals surface area contributed by atoms with E-state index in [4.69, 9.17) is 16.3 Å². The van der Waals surface area contributed by atoms with Crippen LogP contribution in [0.15, 0.2) is 34.9 Å². The maximum Gasteiger partial charge on any atom is 0.176 e. The first-order chi connectivity index (χ1) is 7.22. The van der Waals surface area contributed by atoms with Gasteiger partial charge in [-0.2, -0.15) is 5.10 Å². The van der Waals surface area contributed by atoms with E-state index in [1.165, 1.54) is 0 Å². The van der Waals surface area contributed by atoms with Crippen LogP contribution in [0.5, 0.6) is 5.75 Å². The number of ether oxygens (including phenoxy) is 1. The Bertz CT molecular complexity index is 467. The summed E-state index contributed by atoms with van der Waals surface area (Å²) < 4.78 is 7.68. The molecule has 0 saturated heterocycles. The van der Waals surface area contributed by atoms with Gasteiger partial charge < -0.3 is 4.74 Å². The summed E-state index contributed by atoms with van der Waals surface area (Å²) in [5, 5.41) is 4.60. The van der Waals surface area contributed by atoms with Gasteiger partial charge in [-0.15, -0.1) is 0 Å². The lowest BCUT2D eigenvalue weighted by molar-refractivity contribution is 0.415. The lowest BCUT2D eigenvalue weighted by atomic mass is 10.3. The summed E-state index contributed by atoms with van der Waals surface area (Å²) in [7, 11) is 1.56. The number of aromatic nitrogens is 2. The lowest BCUT2D eigenvalue weighted by Gasteiger charge is -2.03. The van der Waals surface area contributed by atoms with Crippen LogP contribution in [-0.2, 0) is 0 Å². The molecule has 0 fully saturated rings. The minimum atomic E-state index is 0.472. The highest BCUT2D eigenvalue weighted by Crippen LogP contribution is 2.26. The molecule has 78 valence electrons. The smallest absolute Gasteiger partial charge is 0.176 e. The number of rotatable bonds is 2. The second kappa shape index (κ2) is 4.24. The predicted octanol–water partition coefficient (Wildman–Crippen LogP) is 3.30. The van der Waals surface area contributed by atoms with E-state index < -0.39 is 0 Å². The highest BCUT2D eigenvalue weighted by atomic mass is 79.9. The molecule has 0 aliphatic rings. The average Bonchev–Trinajstić information content (AvgIpc) is 2.61. The van der Waals surface area contributed by atoms with E-state index in [1.54, 1.807) is 18.0 Å². The Kier molecular flexibility index (Phi) is 2.98. The summed E-state index contributed by atoms with van der Waals surface area (Å²) in [6, 6.07) is 7.70. The van der Waals surface area contributed by atoms with Crippen LogP contribution in [0, 0.1) is 0 Å². The molecule has 1 aromatic heterocycles. The summed E-state index contributed by atoms with van der Waals surface area (Å²) in [4.78, 5) is 0. The highest BCUT2D eigenvalue weighted by Gasteiger charge is 2.09. The van der Waals surface area contributed by atoms with Gasteiger partial charge in [0, 0.05) is 4.47 Å². The molecule has 0 N–H and O–H groups in total. The topological polar surface area (TPSA) is 27.1 Å². The number of benzene rings is 1. The van der Waals surface area contributed by atoms with Gasteiger partial charge in [-0.25, -0.2) is 4.68 Å². The van der Waals surface area contributed by atoms with Crippen LogP contribution in [0.4, 0.5) is 0 Å². The van der Waals surface area contributed by atoms with E-state index in [1.807, 2.05) is 24.3 Å². The summed E-state index contributed by atoms with van der Waals surface area (Å²) in [5.74, 6) is 0.569. The zero-order chi connectivity index (χ0) is 10.8. The van der Waals surface area contributed by atoms with Gasteiger partial charge in [-0.05, 0) is 24.3 Å². The average molecular weight is 288 g/mol. The van der Waals surface area contributed by atoms with Gasteiger partial charge in [-0.1, -0.05) is 27.5 Å². The number of methoxy groups -OCH3 is 1. The van der Waals surface area contributed by atoms with E-state index >= 15 is 0 Å². The molecule has 0 atom stereocenters. The third-order valence-corrected chi connectivity index (χ3v) is 2.85. The molecule has 1 aromatic carbocycles. The van der Waals surface area contributed by atoms with E-state index in [0.717, 1.165) is 10.2 Å². The summed E-state index contributed by atoms with van der Waals surface area (Å²) in [6.07, 6.45) is 1.59. The normalized spacial score (nSPS) is 10.3. The SMILES string of the molecule is COc1cnn(-c2ccc(Br)cc2)c1Cl. The quantitative estimate of drug-likeness (QED) is 0.847. The molecular formula is C10H8BrClN2O. The standard InChI is InChI=1S/C10H8BrClN2O/c1-15-9-6-13-14(10(9)12)8-4-2-7(11)3-5-8/h2-6H,1H3. The molecule has 0 aliphatic heterocycles. The molecule has 0 amide bonds. The molecule has 0 radical (unpaired) electrons. The molecule has 5 heteroatoms. The number of hydrogen-bond acceptors (Lipinski definition) is 2. The highest BCUT2D eigenvalue weighted by molar-refractivity contribution is 9.10. The van der Waals surface area contributed by atoms with Gasteiger partial charge in [-0.3, -0.25) is 0 Å². The molecule has 0 spiro atoms. The molecule has 2 aromatic rings. The molecule has 0 aliphatic carbocycles. The van der Waals surface area contributed by atoms with Crippen molar-refractivity contribution in [1.82, 2.24) is 9.78 Å². The van der Waals surface area contributed by atoms with Crippen molar-refractivity contribution < 1.29 is 4.74 Å². The Morgan fingerprint density at radius 2 is 2.00 bits per heavy atom. The van der Waals surface area contributed by atoms with Gasteiger partial charge in [0.25, 0.3) is 0 Å². The van der Waals surface area contributed by atoms with E-state index in [2.05, 4.69) is 21.0 Å². The molecule has 1 heterocycles. The van der Waals surface area contributed by atoms with Crippen molar-refractivity contribution in [3.8, 4) is 11.4 Å². The summed E-state index contributed by atoms with van der Waals surface area (Å²) in [6.45, 7) is 0. The molecule has 0 bridgehead atoms. The minimum absolute atomic E-state index is 0.472. The van der Waals surface area contributed by atoms with Crippen LogP contribution in [-0.4, -0.2) is 16.9 Å². The van der Waals surface area contributed by atoms with Gasteiger partial charge >= 0.3 is 0 Å². The summed E-state index contributed by atoms with van der Waals surface area (Å²) >= 11 is 9.43. The number of halogens is 2. The largest absolute Gasteiger partial charge is 0.492 e. The first-order valence-corrected chi connectivity index (χ1v) is 5.43. The molecular weight excluding hydrogens is 279 g/mol. The second-order valence-electron chi connectivity index (χ2n) is 2.89. The van der Waals surface area contributed by atoms with Crippen molar-refractivity contribution >= 4 is 27.5 Å². The minimum Gasteiger partial charge on any atom is -0.492 e. The second-order valence-corrected chi connectivity index (χ2v) is 4.17. The Morgan fingerprint density at radius 3 is 2.53 bits per heavy atom. The third-order valence-electron chi connectivity index (χ3n) is 1.97. The van der Waals surface area contributed by atoms with Crippen molar-refractivity contribution in [2.24, 2.45) is 0 Å². The molecule has 15 heavy (non-hydrogen) atoms. The fourth-order valence-corrected chi connectivity index (χ4v) is 1.75. The van der Waals surface area contributed by atoms with Gasteiger partial charge in [0.2, 0.25) is 0 Å². The number of hydrogen-bond donors (Lipinski definition) is 0. The van der Waals surface area contributed by atoms with Crippen LogP contribution in [0.25, 0.3) is 5.69 Å². The van der Waals surface area contributed by atoms with Crippen LogP contribution < -0.4 is 4.74 Å². The Hall–Kier alpha value is -1.000. The molecule has 0 saturated carbocycles. The first-order valence-electron chi connectivity index (χ1n) is 4.26. The van der Waals surface area contributed by atoms with Crippen LogP contribution in [0.3, 0.4) is 0 Å². The van der Waals surface area contributed by atoms with Gasteiger partial charge in [0.05, 0.1) is 19.0 Å². The van der Waals surface area contributed by atoms with Crippen molar-refractivity contribution in [2.45, 2.75) is 0 Å². The zero-order valence-corrected chi connectivity index (χ0v) is 10.3. The Balaban J connectivity index is 2.45. The van der Waals surface area contributed by atoms with Gasteiger partial charge in [0.15, 0.2) is 10.9 Å². The molecule has 3 nitrogen and oxygen atoms in total. The Labute approximate surface area is 101 Å². The van der Waals surface area contributed by atoms with E-state index in [9.17, 15) is 0 Å². The van der Waals surface area contributed by atoms with Crippen molar-refractivity contribution in [3.63, 3.8) is 0 Å². The van der Waals surface area contributed by atoms with Crippen LogP contribution in [0.1, 0.15) is 0 Å². The Morgan fingerprint density at radius 1 is 1.33 bits per heavy atom. The third kappa shape index (κ3) is 2.01. The summed E-state index contributed by atoms with van der Waals surface area (Å²) in [5.41, 5.74) is 0.895. The van der Waals surface area contributed by atoms with Crippen molar-refractivity contribution in [1.29, 1.82) is 0 Å². The predicted molar refractivity (Wildman–Crippen MR) is 62.8 cm³/mol. The fourth-order valence-electron chi connectivity index (χ4n) is 1.22. The number of nitrogens with zero attached hydrogens (tertiary/aromatic N) is 2. The van der Waals surface area contributed by atoms with E-state index in [0.29, 0.717) is 10.9 Å². The zero-order valence-electron chi connectivity index (χ0n) is 7.95. The van der Waals surface area contributed by atoms with Crippen LogP contribution in [0.2, 0.25) is 5.15 Å². The van der Waals surface area contributed by atoms with Crippen molar-refractivity contribution in [3.05, 3.63) is 40.1 Å². The maximum absolute atomic E-state index is 6.06. The van der Waals surface area contributed by atoms with Crippen molar-refractivity contribution in [2.75, 3.05) is 7.11 Å². The van der Waals surface area contributed by atoms with Crippen LogP contribution >= 0.6 is 27.5 Å². The van der Waals surface area contributed by atoms with E-state index in [-0.39, 0.29) is 0 Å². The fraction of sp³-hybridized carbons (Fsp3) is 0.100. The first kappa shape index (κ1) is 10.5. The molecule has 0 unspecified atom stereocenters.